The number of hydrogen-bond acceptors (Lipinski definition) is 4. The number of ether oxygens (including phenoxy) is 4. The molecule has 0 saturated heterocycles. The molecule has 3 aliphatic carbocycles. The van der Waals surface area contributed by atoms with E-state index >= 15 is 0 Å². The van der Waals surface area contributed by atoms with Gasteiger partial charge in [-0.1, -0.05) is 56.9 Å². The second-order valence-corrected chi connectivity index (χ2v) is 12.0. The normalized spacial score (nSPS) is 36.1. The van der Waals surface area contributed by atoms with Gasteiger partial charge >= 0.3 is 0 Å². The maximum absolute atomic E-state index is 6.18. The van der Waals surface area contributed by atoms with Crippen molar-refractivity contribution in [2.24, 2.45) is 29.6 Å². The van der Waals surface area contributed by atoms with Crippen molar-refractivity contribution in [3.05, 3.63) is 24.3 Å². The van der Waals surface area contributed by atoms with Crippen molar-refractivity contribution in [3.8, 4) is 0 Å². The molecule has 208 valence electrons. The summed E-state index contributed by atoms with van der Waals surface area (Å²) in [5.41, 5.74) is 0. The fourth-order valence-corrected chi connectivity index (χ4v) is 6.61. The number of unbranched alkanes of at least 4 members (excludes halogenated alkanes) is 3. The highest BCUT2D eigenvalue weighted by molar-refractivity contribution is 5.06. The third-order valence-corrected chi connectivity index (χ3v) is 9.21. The predicted octanol–water partition coefficient (Wildman–Crippen LogP) is 7.76. The van der Waals surface area contributed by atoms with Gasteiger partial charge in [-0.25, -0.2) is 0 Å². The number of hydrogen-bond donors (Lipinski definition) is 0. The van der Waals surface area contributed by atoms with Crippen LogP contribution in [0.2, 0.25) is 0 Å². The third-order valence-electron chi connectivity index (χ3n) is 9.21. The average Bonchev–Trinajstić information content (AvgIpc) is 2.91. The van der Waals surface area contributed by atoms with Gasteiger partial charge in [-0.05, 0) is 82.0 Å². The van der Waals surface area contributed by atoms with Gasteiger partial charge in [0.05, 0.1) is 18.3 Å². The molecule has 0 spiro atoms. The highest BCUT2D eigenvalue weighted by Gasteiger charge is 2.35. The molecule has 0 aromatic heterocycles. The van der Waals surface area contributed by atoms with Gasteiger partial charge in [0.1, 0.15) is 0 Å². The minimum atomic E-state index is 0.289. The van der Waals surface area contributed by atoms with Crippen molar-refractivity contribution in [1.82, 2.24) is 0 Å². The summed E-state index contributed by atoms with van der Waals surface area (Å²) in [6, 6.07) is 0. The first kappa shape index (κ1) is 29.9. The van der Waals surface area contributed by atoms with E-state index in [0.717, 1.165) is 37.9 Å². The standard InChI is InChI=1S/C32H56O4/c1-25-9-11-26(12-10-25)13-17-28-23-32(35-4)29(24-31(28)34-3)18-14-27-15-19-30(20-16-27)36-22-8-6-5-7-21-33-2/h13-14,17-18,25-32H,5-12,15-16,19-24H2,1-4H3/b17-13+,18-14+. The molecule has 3 rings (SSSR count). The Hall–Kier alpha value is -0.680. The van der Waals surface area contributed by atoms with Crippen molar-refractivity contribution in [3.63, 3.8) is 0 Å². The third kappa shape index (κ3) is 10.2. The van der Waals surface area contributed by atoms with Crippen LogP contribution in [0.15, 0.2) is 24.3 Å². The maximum atomic E-state index is 6.18. The summed E-state index contributed by atoms with van der Waals surface area (Å²) in [6.45, 7) is 4.20. The molecule has 0 heterocycles. The molecular weight excluding hydrogens is 448 g/mol. The summed E-state index contributed by atoms with van der Waals surface area (Å²) in [6.07, 6.45) is 28.3. The highest BCUT2D eigenvalue weighted by atomic mass is 16.5. The summed E-state index contributed by atoms with van der Waals surface area (Å²) in [4.78, 5) is 0. The maximum Gasteiger partial charge on any atom is 0.0641 e. The van der Waals surface area contributed by atoms with Crippen molar-refractivity contribution in [2.45, 2.75) is 115 Å². The summed E-state index contributed by atoms with van der Waals surface area (Å²) in [5, 5.41) is 0. The van der Waals surface area contributed by atoms with Crippen LogP contribution in [-0.4, -0.2) is 52.9 Å². The van der Waals surface area contributed by atoms with Gasteiger partial charge < -0.3 is 18.9 Å². The second kappa shape index (κ2) is 17.0. The van der Waals surface area contributed by atoms with Crippen molar-refractivity contribution < 1.29 is 18.9 Å². The topological polar surface area (TPSA) is 36.9 Å². The molecule has 3 fully saturated rings. The Morgan fingerprint density at radius 1 is 0.583 bits per heavy atom. The van der Waals surface area contributed by atoms with E-state index in [1.54, 1.807) is 7.11 Å². The Labute approximate surface area is 222 Å². The van der Waals surface area contributed by atoms with Crippen LogP contribution in [-0.2, 0) is 18.9 Å². The molecular formula is C32H56O4. The van der Waals surface area contributed by atoms with Crippen LogP contribution < -0.4 is 0 Å². The van der Waals surface area contributed by atoms with E-state index in [0.29, 0.717) is 30.0 Å². The summed E-state index contributed by atoms with van der Waals surface area (Å²) < 4.78 is 23.3. The molecule has 4 atom stereocenters. The van der Waals surface area contributed by atoms with Gasteiger partial charge in [-0.2, -0.15) is 0 Å². The molecule has 0 amide bonds. The largest absolute Gasteiger partial charge is 0.385 e. The zero-order chi connectivity index (χ0) is 25.6. The minimum Gasteiger partial charge on any atom is -0.385 e. The average molecular weight is 505 g/mol. The molecule has 4 nitrogen and oxygen atoms in total. The van der Waals surface area contributed by atoms with E-state index in [4.69, 9.17) is 18.9 Å². The van der Waals surface area contributed by atoms with Crippen LogP contribution in [0.1, 0.15) is 96.8 Å². The lowest BCUT2D eigenvalue weighted by Crippen LogP contribution is -2.39. The lowest BCUT2D eigenvalue weighted by Gasteiger charge is -2.38. The van der Waals surface area contributed by atoms with Crippen LogP contribution in [0.3, 0.4) is 0 Å². The van der Waals surface area contributed by atoms with Gasteiger partial charge in [0.2, 0.25) is 0 Å². The zero-order valence-corrected chi connectivity index (χ0v) is 23.9. The van der Waals surface area contributed by atoms with E-state index in [-0.39, 0.29) is 6.10 Å². The SMILES string of the molecule is COCCCCCCOC1CCC(/C=C/C2CC(OC)C(/C=C/C3CCC(C)CC3)CC2OC)CC1. The Balaban J connectivity index is 1.38. The van der Waals surface area contributed by atoms with Gasteiger partial charge in [0.25, 0.3) is 0 Å². The van der Waals surface area contributed by atoms with E-state index in [2.05, 4.69) is 31.2 Å². The Morgan fingerprint density at radius 3 is 1.58 bits per heavy atom. The summed E-state index contributed by atoms with van der Waals surface area (Å²) in [7, 11) is 5.56. The number of methoxy groups -OCH3 is 3. The monoisotopic (exact) mass is 504 g/mol. The highest BCUT2D eigenvalue weighted by Crippen LogP contribution is 2.37. The number of rotatable bonds is 14. The second-order valence-electron chi connectivity index (χ2n) is 12.0. The van der Waals surface area contributed by atoms with Crippen LogP contribution in [0.5, 0.6) is 0 Å². The molecule has 4 unspecified atom stereocenters. The molecule has 3 aliphatic rings. The molecule has 0 aromatic carbocycles. The van der Waals surface area contributed by atoms with Gasteiger partial charge in [-0.15, -0.1) is 0 Å². The smallest absolute Gasteiger partial charge is 0.0641 e. The predicted molar refractivity (Wildman–Crippen MR) is 149 cm³/mol. The lowest BCUT2D eigenvalue weighted by molar-refractivity contribution is -0.0425. The summed E-state index contributed by atoms with van der Waals surface area (Å²) >= 11 is 0. The van der Waals surface area contributed by atoms with E-state index < -0.39 is 0 Å². The number of allylic oxidation sites excluding steroid dienone is 2. The van der Waals surface area contributed by atoms with Crippen LogP contribution >= 0.6 is 0 Å². The van der Waals surface area contributed by atoms with E-state index in [1.165, 1.54) is 77.0 Å². The zero-order valence-electron chi connectivity index (χ0n) is 23.9. The minimum absolute atomic E-state index is 0.289. The van der Waals surface area contributed by atoms with Gasteiger partial charge in [0.15, 0.2) is 0 Å². The molecule has 0 aromatic rings. The molecule has 4 heteroatoms. The quantitative estimate of drug-likeness (QED) is 0.179. The van der Waals surface area contributed by atoms with E-state index in [1.807, 2.05) is 14.2 Å². The first-order valence-corrected chi connectivity index (χ1v) is 15.2. The van der Waals surface area contributed by atoms with E-state index in [9.17, 15) is 0 Å². The van der Waals surface area contributed by atoms with Crippen LogP contribution in [0.4, 0.5) is 0 Å². The fourth-order valence-electron chi connectivity index (χ4n) is 6.61. The first-order valence-electron chi connectivity index (χ1n) is 15.2. The Bertz CT molecular complexity index is 616. The molecule has 0 aliphatic heterocycles. The van der Waals surface area contributed by atoms with Gasteiger partial charge in [-0.3, -0.25) is 0 Å². The lowest BCUT2D eigenvalue weighted by atomic mass is 9.75. The van der Waals surface area contributed by atoms with Gasteiger partial charge in [0, 0.05) is 46.4 Å². The Kier molecular flexibility index (Phi) is 14.1. The van der Waals surface area contributed by atoms with Crippen molar-refractivity contribution >= 4 is 0 Å². The molecule has 0 N–H and O–H groups in total. The summed E-state index contributed by atoms with van der Waals surface area (Å²) in [5.74, 6) is 3.27. The molecule has 0 radical (unpaired) electrons. The van der Waals surface area contributed by atoms with Crippen LogP contribution in [0, 0.1) is 29.6 Å². The fraction of sp³-hybridized carbons (Fsp3) is 0.875. The van der Waals surface area contributed by atoms with Crippen molar-refractivity contribution in [2.75, 3.05) is 34.5 Å². The first-order chi connectivity index (χ1) is 17.6. The van der Waals surface area contributed by atoms with Crippen molar-refractivity contribution in [1.29, 1.82) is 0 Å². The molecule has 3 saturated carbocycles. The Morgan fingerprint density at radius 2 is 1.08 bits per heavy atom. The molecule has 0 bridgehead atoms. The molecule has 36 heavy (non-hydrogen) atoms. The van der Waals surface area contributed by atoms with Crippen LogP contribution in [0.25, 0.3) is 0 Å².